The lowest BCUT2D eigenvalue weighted by molar-refractivity contribution is 0.436. The molecule has 1 spiro atoms. The zero-order valence-corrected chi connectivity index (χ0v) is 32.6. The maximum absolute atomic E-state index is 6.97. The molecular weight excluding hydrogens is 733 g/mol. The molecule has 0 saturated carbocycles. The Labute approximate surface area is 348 Å². The second kappa shape index (κ2) is 13.7. The molecule has 0 amide bonds. The van der Waals surface area contributed by atoms with Gasteiger partial charge in [-0.25, -0.2) is 15.0 Å². The van der Waals surface area contributed by atoms with E-state index in [1.807, 2.05) is 60.7 Å². The Morgan fingerprint density at radius 1 is 0.383 bits per heavy atom. The van der Waals surface area contributed by atoms with Gasteiger partial charge in [-0.15, -0.1) is 0 Å². The van der Waals surface area contributed by atoms with Crippen LogP contribution in [0.15, 0.2) is 193 Å². The molecule has 0 saturated heterocycles. The van der Waals surface area contributed by atoms with E-state index in [0.717, 1.165) is 69.0 Å². The zero-order chi connectivity index (χ0) is 39.6. The van der Waals surface area contributed by atoms with Crippen LogP contribution in [0.1, 0.15) is 34.2 Å². The molecule has 9 aromatic rings. The van der Waals surface area contributed by atoms with Gasteiger partial charge < -0.3 is 4.74 Å². The SMILES string of the molecule is C1=Nc2c(-c3ccc4c(c3)C3(c5cc(-c6nc(-c7ccccc7)nc(-c7ccccc7)n6)ccc5O4)c4ccccc4-c4ccccc43)ccc(-c3ccccc3)c2CC1. The Balaban J connectivity index is 1.10. The number of aromatic nitrogens is 3. The highest BCUT2D eigenvalue weighted by molar-refractivity contribution is 5.92. The molecule has 8 aromatic carbocycles. The lowest BCUT2D eigenvalue weighted by atomic mass is 9.65. The van der Waals surface area contributed by atoms with E-state index in [-0.39, 0.29) is 0 Å². The highest BCUT2D eigenvalue weighted by Crippen LogP contribution is 2.63. The van der Waals surface area contributed by atoms with Gasteiger partial charge in [0.15, 0.2) is 17.5 Å². The minimum absolute atomic E-state index is 0.600. The van der Waals surface area contributed by atoms with Crippen molar-refractivity contribution in [2.75, 3.05) is 0 Å². The third-order valence-corrected chi connectivity index (χ3v) is 12.3. The van der Waals surface area contributed by atoms with E-state index in [2.05, 4.69) is 134 Å². The normalized spacial score (nSPS) is 13.7. The van der Waals surface area contributed by atoms with E-state index in [1.54, 1.807) is 0 Å². The molecule has 5 heteroatoms. The third-order valence-electron chi connectivity index (χ3n) is 12.3. The van der Waals surface area contributed by atoms with E-state index < -0.39 is 5.41 Å². The number of ether oxygens (including phenoxy) is 1. The first-order valence-electron chi connectivity index (χ1n) is 20.5. The van der Waals surface area contributed by atoms with Crippen LogP contribution in [0.4, 0.5) is 5.69 Å². The molecule has 3 heterocycles. The van der Waals surface area contributed by atoms with Gasteiger partial charge in [-0.2, -0.15) is 0 Å². The Hall–Kier alpha value is -7.76. The Morgan fingerprint density at radius 2 is 0.867 bits per heavy atom. The lowest BCUT2D eigenvalue weighted by Gasteiger charge is -2.40. The minimum atomic E-state index is -0.701. The van der Waals surface area contributed by atoms with Crippen molar-refractivity contribution in [2.45, 2.75) is 18.3 Å². The molecule has 2 aliphatic heterocycles. The van der Waals surface area contributed by atoms with Crippen LogP contribution in [-0.4, -0.2) is 21.2 Å². The second-order valence-corrected chi connectivity index (χ2v) is 15.6. The maximum atomic E-state index is 6.97. The number of rotatable bonds is 5. The Kier molecular flexibility index (Phi) is 7.82. The van der Waals surface area contributed by atoms with E-state index in [4.69, 9.17) is 24.7 Å². The molecule has 0 bridgehead atoms. The first kappa shape index (κ1) is 34.3. The largest absolute Gasteiger partial charge is 0.457 e. The number of hydrogen-bond donors (Lipinski definition) is 0. The summed E-state index contributed by atoms with van der Waals surface area (Å²) in [6.45, 7) is 0. The molecule has 1 aromatic heterocycles. The molecule has 5 nitrogen and oxygen atoms in total. The summed E-state index contributed by atoms with van der Waals surface area (Å²) in [6, 6.07) is 66.3. The van der Waals surface area contributed by atoms with Gasteiger partial charge in [0.05, 0.1) is 11.1 Å². The van der Waals surface area contributed by atoms with Gasteiger partial charge in [-0.3, -0.25) is 4.99 Å². The highest BCUT2D eigenvalue weighted by Gasteiger charge is 2.51. The fourth-order valence-electron chi connectivity index (χ4n) is 9.67. The highest BCUT2D eigenvalue weighted by atomic mass is 16.5. The zero-order valence-electron chi connectivity index (χ0n) is 32.6. The third kappa shape index (κ3) is 5.26. The quantitative estimate of drug-likeness (QED) is 0.175. The smallest absolute Gasteiger partial charge is 0.164 e. The first-order valence-corrected chi connectivity index (χ1v) is 20.5. The maximum Gasteiger partial charge on any atom is 0.164 e. The number of aliphatic imine (C=N–C) groups is 1. The molecule has 12 rings (SSSR count). The van der Waals surface area contributed by atoms with Crippen molar-refractivity contribution in [3.05, 3.63) is 216 Å². The number of fused-ring (bicyclic) bond motifs is 10. The summed E-state index contributed by atoms with van der Waals surface area (Å²) in [5.41, 5.74) is 16.1. The standard InChI is InChI=1S/C55H36N4O/c1-4-15-35(16-5-1)40-28-29-41(51-44(40)23-14-32-56-51)38-26-30-49-47(33-38)55(45-24-12-10-21-42(45)43-22-11-13-25-46(43)55)48-34-39(27-31-50(48)60-49)54-58-52(36-17-6-2-7-18-36)57-53(59-54)37-19-8-3-9-20-37/h1-13,15-22,24-34H,14,23H2. The van der Waals surface area contributed by atoms with Gasteiger partial charge >= 0.3 is 0 Å². The molecule has 0 unspecified atom stereocenters. The Bertz CT molecular complexity index is 3070. The Morgan fingerprint density at radius 3 is 1.47 bits per heavy atom. The summed E-state index contributed by atoms with van der Waals surface area (Å²) >= 11 is 0. The van der Waals surface area contributed by atoms with E-state index in [0.29, 0.717) is 17.5 Å². The van der Waals surface area contributed by atoms with Crippen molar-refractivity contribution in [1.82, 2.24) is 15.0 Å². The fraction of sp³-hybridized carbons (Fsp3) is 0.0545. The van der Waals surface area contributed by atoms with Crippen LogP contribution in [0.3, 0.4) is 0 Å². The van der Waals surface area contributed by atoms with E-state index in [9.17, 15) is 0 Å². The predicted octanol–water partition coefficient (Wildman–Crippen LogP) is 13.3. The molecular formula is C55H36N4O. The second-order valence-electron chi connectivity index (χ2n) is 15.6. The van der Waals surface area contributed by atoms with Crippen molar-refractivity contribution < 1.29 is 4.74 Å². The van der Waals surface area contributed by atoms with Crippen LogP contribution < -0.4 is 4.74 Å². The van der Waals surface area contributed by atoms with Crippen LogP contribution in [0.2, 0.25) is 0 Å². The van der Waals surface area contributed by atoms with Crippen molar-refractivity contribution in [3.63, 3.8) is 0 Å². The summed E-state index contributed by atoms with van der Waals surface area (Å²) in [4.78, 5) is 20.4. The predicted molar refractivity (Wildman–Crippen MR) is 241 cm³/mol. The monoisotopic (exact) mass is 768 g/mol. The molecule has 282 valence electrons. The van der Waals surface area contributed by atoms with Crippen LogP contribution in [0.5, 0.6) is 11.5 Å². The molecule has 0 atom stereocenters. The number of nitrogens with zero attached hydrogens (tertiary/aromatic N) is 4. The van der Waals surface area contributed by atoms with Gasteiger partial charge in [-0.05, 0) is 87.7 Å². The summed E-state index contributed by atoms with van der Waals surface area (Å²) in [6.07, 6.45) is 3.93. The molecule has 0 radical (unpaired) electrons. The summed E-state index contributed by atoms with van der Waals surface area (Å²) in [5.74, 6) is 3.49. The molecule has 1 aliphatic carbocycles. The molecule has 0 N–H and O–H groups in total. The van der Waals surface area contributed by atoms with Gasteiger partial charge in [0.1, 0.15) is 11.5 Å². The van der Waals surface area contributed by atoms with Gasteiger partial charge in [-0.1, -0.05) is 158 Å². The van der Waals surface area contributed by atoms with E-state index in [1.165, 1.54) is 38.9 Å². The fourth-order valence-corrected chi connectivity index (χ4v) is 9.67. The van der Waals surface area contributed by atoms with Gasteiger partial charge in [0.25, 0.3) is 0 Å². The number of hydrogen-bond acceptors (Lipinski definition) is 5. The summed E-state index contributed by atoms with van der Waals surface area (Å²) < 4.78 is 6.97. The summed E-state index contributed by atoms with van der Waals surface area (Å²) in [5, 5.41) is 0. The van der Waals surface area contributed by atoms with Crippen LogP contribution in [0.25, 0.3) is 67.5 Å². The van der Waals surface area contributed by atoms with Crippen molar-refractivity contribution >= 4 is 11.9 Å². The first-order chi connectivity index (χ1) is 29.7. The van der Waals surface area contributed by atoms with Crippen LogP contribution in [-0.2, 0) is 11.8 Å². The minimum Gasteiger partial charge on any atom is -0.457 e. The van der Waals surface area contributed by atoms with Gasteiger partial charge in [0, 0.05) is 39.6 Å². The van der Waals surface area contributed by atoms with Crippen molar-refractivity contribution in [3.8, 4) is 79.0 Å². The molecule has 0 fully saturated rings. The van der Waals surface area contributed by atoms with Crippen molar-refractivity contribution in [1.29, 1.82) is 0 Å². The van der Waals surface area contributed by atoms with E-state index >= 15 is 0 Å². The van der Waals surface area contributed by atoms with Crippen LogP contribution in [0, 0.1) is 0 Å². The average Bonchev–Trinajstić information content (AvgIpc) is 3.62. The number of benzene rings is 8. The lowest BCUT2D eigenvalue weighted by Crippen LogP contribution is -2.32. The van der Waals surface area contributed by atoms with Gasteiger partial charge in [0.2, 0.25) is 0 Å². The average molecular weight is 769 g/mol. The van der Waals surface area contributed by atoms with Crippen molar-refractivity contribution in [2.24, 2.45) is 4.99 Å². The molecule has 3 aliphatic rings. The molecule has 60 heavy (non-hydrogen) atoms. The van der Waals surface area contributed by atoms with Crippen LogP contribution >= 0.6 is 0 Å². The summed E-state index contributed by atoms with van der Waals surface area (Å²) in [7, 11) is 0. The topological polar surface area (TPSA) is 60.3 Å².